The van der Waals surface area contributed by atoms with Crippen LogP contribution in [0.1, 0.15) is 12.5 Å². The molecule has 0 bridgehead atoms. The molecule has 0 saturated heterocycles. The number of alkyl halides is 3. The Morgan fingerprint density at radius 1 is 1.31 bits per heavy atom. The molecule has 0 heterocycles. The van der Waals surface area contributed by atoms with Crippen molar-refractivity contribution >= 4 is 15.5 Å². The first kappa shape index (κ1) is 12.8. The van der Waals surface area contributed by atoms with Gasteiger partial charge in [0.1, 0.15) is 0 Å². The Bertz CT molecular complexity index is 494. The monoisotopic (exact) mass is 253 g/mol. The van der Waals surface area contributed by atoms with E-state index in [9.17, 15) is 21.6 Å². The van der Waals surface area contributed by atoms with Crippen LogP contribution in [0.5, 0.6) is 0 Å². The van der Waals surface area contributed by atoms with Crippen molar-refractivity contribution in [1.82, 2.24) is 0 Å². The van der Waals surface area contributed by atoms with Crippen LogP contribution in [0.15, 0.2) is 23.1 Å². The van der Waals surface area contributed by atoms with E-state index in [-0.39, 0.29) is 5.69 Å². The number of hydrogen-bond donors (Lipinski definition) is 1. The highest BCUT2D eigenvalue weighted by atomic mass is 32.2. The minimum absolute atomic E-state index is 0.0139. The topological polar surface area (TPSA) is 60.2 Å². The minimum Gasteiger partial charge on any atom is -0.399 e. The van der Waals surface area contributed by atoms with Crippen molar-refractivity contribution in [3.8, 4) is 0 Å². The van der Waals surface area contributed by atoms with Crippen molar-refractivity contribution in [3.05, 3.63) is 23.8 Å². The third kappa shape index (κ3) is 2.46. The first-order chi connectivity index (χ1) is 7.18. The zero-order valence-electron chi connectivity index (χ0n) is 8.38. The van der Waals surface area contributed by atoms with Crippen LogP contribution in [-0.2, 0) is 16.0 Å². The van der Waals surface area contributed by atoms with Crippen LogP contribution in [0.3, 0.4) is 0 Å². The van der Waals surface area contributed by atoms with Gasteiger partial charge in [-0.05, 0) is 18.2 Å². The standard InChI is InChI=1S/C9H10F3NO2S/c1-2-16(14,15)8-5-6(13)3-4-7(8)9(10,11)12/h3-5H,2,13H2,1H3. The number of halogens is 3. The fraction of sp³-hybridized carbons (Fsp3) is 0.333. The Balaban J connectivity index is 3.54. The molecule has 3 nitrogen and oxygen atoms in total. The highest BCUT2D eigenvalue weighted by Gasteiger charge is 2.36. The van der Waals surface area contributed by atoms with Gasteiger partial charge in [-0.25, -0.2) is 8.42 Å². The normalized spacial score (nSPS) is 12.8. The predicted molar refractivity (Wildman–Crippen MR) is 53.6 cm³/mol. The molecule has 0 fully saturated rings. The second-order valence-electron chi connectivity index (χ2n) is 3.16. The third-order valence-corrected chi connectivity index (χ3v) is 3.79. The molecule has 16 heavy (non-hydrogen) atoms. The highest BCUT2D eigenvalue weighted by Crippen LogP contribution is 2.35. The fourth-order valence-corrected chi connectivity index (χ4v) is 2.33. The van der Waals surface area contributed by atoms with Crippen molar-refractivity contribution in [1.29, 1.82) is 0 Å². The summed E-state index contributed by atoms with van der Waals surface area (Å²) < 4.78 is 60.6. The van der Waals surface area contributed by atoms with Gasteiger partial charge in [0.15, 0.2) is 9.84 Å². The molecule has 1 aromatic carbocycles. The van der Waals surface area contributed by atoms with Gasteiger partial charge < -0.3 is 5.73 Å². The van der Waals surface area contributed by atoms with Crippen LogP contribution in [0.2, 0.25) is 0 Å². The van der Waals surface area contributed by atoms with E-state index in [4.69, 9.17) is 5.73 Å². The zero-order valence-corrected chi connectivity index (χ0v) is 9.19. The molecule has 90 valence electrons. The summed E-state index contributed by atoms with van der Waals surface area (Å²) in [5.74, 6) is -0.403. The van der Waals surface area contributed by atoms with Crippen LogP contribution in [0.25, 0.3) is 0 Å². The predicted octanol–water partition coefficient (Wildman–Crippen LogP) is 2.08. The smallest absolute Gasteiger partial charge is 0.399 e. The van der Waals surface area contributed by atoms with E-state index >= 15 is 0 Å². The van der Waals surface area contributed by atoms with Crippen molar-refractivity contribution < 1.29 is 21.6 Å². The first-order valence-electron chi connectivity index (χ1n) is 4.38. The SMILES string of the molecule is CCS(=O)(=O)c1cc(N)ccc1C(F)(F)F. The molecule has 0 unspecified atom stereocenters. The minimum atomic E-state index is -4.70. The number of sulfone groups is 1. The van der Waals surface area contributed by atoms with E-state index in [0.29, 0.717) is 6.07 Å². The summed E-state index contributed by atoms with van der Waals surface area (Å²) in [6, 6.07) is 2.54. The van der Waals surface area contributed by atoms with Gasteiger partial charge in [-0.2, -0.15) is 13.2 Å². The number of hydrogen-bond acceptors (Lipinski definition) is 3. The molecule has 0 aliphatic heterocycles. The van der Waals surface area contributed by atoms with Crippen molar-refractivity contribution in [2.75, 3.05) is 11.5 Å². The van der Waals surface area contributed by atoms with E-state index < -0.39 is 32.2 Å². The molecule has 0 aliphatic rings. The fourth-order valence-electron chi connectivity index (χ4n) is 1.19. The lowest BCUT2D eigenvalue weighted by atomic mass is 10.2. The van der Waals surface area contributed by atoms with Gasteiger partial charge in [-0.3, -0.25) is 0 Å². The van der Waals surface area contributed by atoms with E-state index in [1.807, 2.05) is 0 Å². The molecular weight excluding hydrogens is 243 g/mol. The Morgan fingerprint density at radius 3 is 2.31 bits per heavy atom. The summed E-state index contributed by atoms with van der Waals surface area (Å²) in [7, 11) is -3.93. The summed E-state index contributed by atoms with van der Waals surface area (Å²) in [4.78, 5) is -0.762. The number of nitrogens with two attached hydrogens (primary N) is 1. The molecule has 1 aromatic rings. The Hall–Kier alpha value is -1.24. The maximum atomic E-state index is 12.5. The molecule has 2 N–H and O–H groups in total. The summed E-state index contributed by atoms with van der Waals surface area (Å²) in [6.07, 6.45) is -4.70. The molecule has 0 aromatic heterocycles. The molecule has 0 aliphatic carbocycles. The summed E-state index contributed by atoms with van der Waals surface area (Å²) in [6.45, 7) is 1.28. The molecule has 0 atom stereocenters. The van der Waals surface area contributed by atoms with Gasteiger partial charge in [0.25, 0.3) is 0 Å². The Labute approximate surface area is 91.0 Å². The summed E-state index contributed by atoms with van der Waals surface area (Å²) in [5.41, 5.74) is 4.10. The van der Waals surface area contributed by atoms with Crippen LogP contribution in [0.4, 0.5) is 18.9 Å². The van der Waals surface area contributed by atoms with Crippen molar-refractivity contribution in [2.45, 2.75) is 18.0 Å². The summed E-state index contributed by atoms with van der Waals surface area (Å²) >= 11 is 0. The number of anilines is 1. The average Bonchev–Trinajstić information content (AvgIpc) is 2.15. The largest absolute Gasteiger partial charge is 0.417 e. The quantitative estimate of drug-likeness (QED) is 0.821. The second-order valence-corrected chi connectivity index (χ2v) is 5.40. The number of rotatable bonds is 2. The van der Waals surface area contributed by atoms with E-state index in [0.717, 1.165) is 12.1 Å². The second kappa shape index (κ2) is 3.97. The van der Waals surface area contributed by atoms with E-state index in [1.165, 1.54) is 6.92 Å². The molecular formula is C9H10F3NO2S. The van der Waals surface area contributed by atoms with Crippen LogP contribution < -0.4 is 5.73 Å². The maximum absolute atomic E-state index is 12.5. The third-order valence-electron chi connectivity index (χ3n) is 2.03. The molecule has 0 amide bonds. The molecule has 7 heteroatoms. The van der Waals surface area contributed by atoms with Gasteiger partial charge in [0.05, 0.1) is 16.2 Å². The van der Waals surface area contributed by atoms with Gasteiger partial charge in [0.2, 0.25) is 0 Å². The molecule has 0 spiro atoms. The lowest BCUT2D eigenvalue weighted by Gasteiger charge is -2.12. The van der Waals surface area contributed by atoms with Crippen molar-refractivity contribution in [3.63, 3.8) is 0 Å². The highest BCUT2D eigenvalue weighted by molar-refractivity contribution is 7.91. The van der Waals surface area contributed by atoms with Gasteiger partial charge in [0, 0.05) is 5.69 Å². The summed E-state index contributed by atoms with van der Waals surface area (Å²) in [5, 5.41) is 0. The van der Waals surface area contributed by atoms with Crippen LogP contribution in [0, 0.1) is 0 Å². The average molecular weight is 253 g/mol. The van der Waals surface area contributed by atoms with E-state index in [2.05, 4.69) is 0 Å². The van der Waals surface area contributed by atoms with Crippen molar-refractivity contribution in [2.24, 2.45) is 0 Å². The van der Waals surface area contributed by atoms with E-state index in [1.54, 1.807) is 0 Å². The zero-order chi connectivity index (χ0) is 12.6. The lowest BCUT2D eigenvalue weighted by molar-refractivity contribution is -0.139. The van der Waals surface area contributed by atoms with Crippen LogP contribution >= 0.6 is 0 Å². The number of nitrogen functional groups attached to an aromatic ring is 1. The molecule has 0 saturated carbocycles. The molecule has 1 rings (SSSR count). The first-order valence-corrected chi connectivity index (χ1v) is 6.03. The number of benzene rings is 1. The maximum Gasteiger partial charge on any atom is 0.417 e. The van der Waals surface area contributed by atoms with Crippen LogP contribution in [-0.4, -0.2) is 14.2 Å². The Morgan fingerprint density at radius 2 is 1.88 bits per heavy atom. The van der Waals surface area contributed by atoms with Gasteiger partial charge in [-0.1, -0.05) is 6.92 Å². The van der Waals surface area contributed by atoms with Gasteiger partial charge in [-0.15, -0.1) is 0 Å². The Kier molecular flexibility index (Phi) is 3.18. The molecule has 0 radical (unpaired) electrons. The van der Waals surface area contributed by atoms with Gasteiger partial charge >= 0.3 is 6.18 Å². The lowest BCUT2D eigenvalue weighted by Crippen LogP contribution is -2.15.